The first-order chi connectivity index (χ1) is 10.9. The van der Waals surface area contributed by atoms with Crippen LogP contribution in [0.2, 0.25) is 0 Å². The third-order valence-electron chi connectivity index (χ3n) is 8.55. The molecule has 0 amide bonds. The number of allylic oxidation sites excluding steroid dienone is 2. The topological polar surface area (TPSA) is 20.2 Å². The van der Waals surface area contributed by atoms with Crippen molar-refractivity contribution >= 4 is 0 Å². The maximum absolute atomic E-state index is 13.3. The van der Waals surface area contributed by atoms with Crippen LogP contribution in [0.5, 0.6) is 0 Å². The molecule has 3 heteroatoms. The van der Waals surface area contributed by atoms with Gasteiger partial charge in [-0.25, -0.2) is 8.78 Å². The van der Waals surface area contributed by atoms with Gasteiger partial charge in [-0.1, -0.05) is 19.9 Å². The summed E-state index contributed by atoms with van der Waals surface area (Å²) in [6.45, 7) is 4.59. The second kappa shape index (κ2) is 5.28. The van der Waals surface area contributed by atoms with Gasteiger partial charge in [-0.2, -0.15) is 0 Å². The van der Waals surface area contributed by atoms with E-state index in [1.807, 2.05) is 6.08 Å². The molecule has 0 heterocycles. The largest absolute Gasteiger partial charge is 0.393 e. The van der Waals surface area contributed by atoms with Crippen molar-refractivity contribution in [2.45, 2.75) is 77.7 Å². The van der Waals surface area contributed by atoms with Gasteiger partial charge >= 0.3 is 0 Å². The van der Waals surface area contributed by atoms with Crippen molar-refractivity contribution in [1.29, 1.82) is 0 Å². The standard InChI is InChI=1S/C20H30F2O/c1-19-10-9-16-14(15(19)7-8-17(19)23)6-5-13-4-3-12(18(21)22)11-20(13,16)2/h3,13-18,23H,4-11H2,1-2H3/t13-,14+,15+,16+,17+,19+,20+/m1/s1. The van der Waals surface area contributed by atoms with Gasteiger partial charge in [0.2, 0.25) is 0 Å². The van der Waals surface area contributed by atoms with Crippen LogP contribution < -0.4 is 0 Å². The summed E-state index contributed by atoms with van der Waals surface area (Å²) in [5, 5.41) is 10.5. The Labute approximate surface area is 138 Å². The molecule has 0 aromatic rings. The summed E-state index contributed by atoms with van der Waals surface area (Å²) >= 11 is 0. The van der Waals surface area contributed by atoms with E-state index in [4.69, 9.17) is 0 Å². The molecule has 4 rings (SSSR count). The Balaban J connectivity index is 1.64. The Morgan fingerprint density at radius 3 is 2.52 bits per heavy atom. The molecule has 3 saturated carbocycles. The maximum Gasteiger partial charge on any atom is 0.259 e. The minimum absolute atomic E-state index is 0.0539. The summed E-state index contributed by atoms with van der Waals surface area (Å²) < 4.78 is 26.6. The van der Waals surface area contributed by atoms with Crippen LogP contribution in [-0.2, 0) is 0 Å². The van der Waals surface area contributed by atoms with Gasteiger partial charge < -0.3 is 5.11 Å². The number of aliphatic hydroxyl groups excluding tert-OH is 1. The summed E-state index contributed by atoms with van der Waals surface area (Å²) in [5.41, 5.74) is 0.530. The zero-order valence-corrected chi connectivity index (χ0v) is 14.4. The molecule has 0 spiro atoms. The average Bonchev–Trinajstić information content (AvgIpc) is 2.81. The number of hydrogen-bond donors (Lipinski definition) is 1. The third kappa shape index (κ3) is 2.18. The highest BCUT2D eigenvalue weighted by Crippen LogP contribution is 2.66. The van der Waals surface area contributed by atoms with E-state index in [-0.39, 0.29) is 16.9 Å². The first-order valence-electron chi connectivity index (χ1n) is 9.51. The van der Waals surface area contributed by atoms with E-state index in [2.05, 4.69) is 13.8 Å². The smallest absolute Gasteiger partial charge is 0.259 e. The number of alkyl halides is 2. The molecule has 130 valence electrons. The van der Waals surface area contributed by atoms with Crippen LogP contribution in [0, 0.1) is 34.5 Å². The van der Waals surface area contributed by atoms with Crippen LogP contribution in [0.4, 0.5) is 8.78 Å². The predicted octanol–water partition coefficient (Wildman–Crippen LogP) is 5.19. The van der Waals surface area contributed by atoms with Crippen LogP contribution in [-0.4, -0.2) is 17.6 Å². The number of rotatable bonds is 1. The van der Waals surface area contributed by atoms with Crippen LogP contribution >= 0.6 is 0 Å². The second-order valence-electron chi connectivity index (χ2n) is 9.29. The molecular weight excluding hydrogens is 294 g/mol. The van der Waals surface area contributed by atoms with Gasteiger partial charge in [-0.05, 0) is 91.4 Å². The lowest BCUT2D eigenvalue weighted by molar-refractivity contribution is -0.111. The predicted molar refractivity (Wildman–Crippen MR) is 87.2 cm³/mol. The molecule has 0 aromatic heterocycles. The van der Waals surface area contributed by atoms with Crippen molar-refractivity contribution in [3.8, 4) is 0 Å². The van der Waals surface area contributed by atoms with Gasteiger partial charge in [0.1, 0.15) is 0 Å². The lowest BCUT2D eigenvalue weighted by Crippen LogP contribution is -2.53. The molecule has 4 aliphatic rings. The van der Waals surface area contributed by atoms with Crippen molar-refractivity contribution in [3.05, 3.63) is 11.6 Å². The molecule has 23 heavy (non-hydrogen) atoms. The van der Waals surface area contributed by atoms with Crippen LogP contribution in [0.25, 0.3) is 0 Å². The molecule has 1 N–H and O–H groups in total. The SMILES string of the molecule is C[C@]12CC(C(F)F)=CC[C@@H]1CC[C@@H]1[C@@H]2CC[C@]2(C)[C@@H](O)CC[C@@H]12. The Hall–Kier alpha value is -0.440. The summed E-state index contributed by atoms with van der Waals surface area (Å²) in [4.78, 5) is 0. The monoisotopic (exact) mass is 324 g/mol. The van der Waals surface area contributed by atoms with Crippen molar-refractivity contribution in [1.82, 2.24) is 0 Å². The van der Waals surface area contributed by atoms with Crippen LogP contribution in [0.1, 0.15) is 65.2 Å². The number of aliphatic hydroxyl groups is 1. The molecule has 0 aliphatic heterocycles. The van der Waals surface area contributed by atoms with E-state index in [1.54, 1.807) is 0 Å². The molecule has 0 aromatic carbocycles. The molecule has 0 radical (unpaired) electrons. The lowest BCUT2D eigenvalue weighted by Gasteiger charge is -2.60. The van der Waals surface area contributed by atoms with Crippen LogP contribution in [0.15, 0.2) is 11.6 Å². The molecule has 3 fully saturated rings. The van der Waals surface area contributed by atoms with Gasteiger partial charge in [-0.3, -0.25) is 0 Å². The lowest BCUT2D eigenvalue weighted by atomic mass is 9.45. The highest BCUT2D eigenvalue weighted by atomic mass is 19.3. The van der Waals surface area contributed by atoms with Crippen molar-refractivity contribution < 1.29 is 13.9 Å². The quantitative estimate of drug-likeness (QED) is 0.658. The zero-order valence-electron chi connectivity index (χ0n) is 14.4. The Morgan fingerprint density at radius 2 is 1.78 bits per heavy atom. The maximum atomic E-state index is 13.3. The summed E-state index contributed by atoms with van der Waals surface area (Å²) in [5.74, 6) is 2.41. The van der Waals surface area contributed by atoms with E-state index >= 15 is 0 Å². The van der Waals surface area contributed by atoms with Crippen molar-refractivity contribution in [3.63, 3.8) is 0 Å². The van der Waals surface area contributed by atoms with E-state index in [9.17, 15) is 13.9 Å². The van der Waals surface area contributed by atoms with E-state index < -0.39 is 6.43 Å². The summed E-state index contributed by atoms with van der Waals surface area (Å²) in [6, 6.07) is 0. The minimum Gasteiger partial charge on any atom is -0.393 e. The van der Waals surface area contributed by atoms with Gasteiger partial charge in [0.05, 0.1) is 6.10 Å². The molecule has 0 saturated heterocycles. The molecular formula is C20H30F2O. The Bertz CT molecular complexity index is 516. The fraction of sp³-hybridized carbons (Fsp3) is 0.900. The fourth-order valence-corrected chi connectivity index (χ4v) is 7.14. The summed E-state index contributed by atoms with van der Waals surface area (Å²) in [7, 11) is 0. The highest BCUT2D eigenvalue weighted by Gasteiger charge is 2.59. The molecule has 4 aliphatic carbocycles. The van der Waals surface area contributed by atoms with Crippen molar-refractivity contribution in [2.24, 2.45) is 34.5 Å². The van der Waals surface area contributed by atoms with E-state index in [0.717, 1.165) is 32.1 Å². The molecule has 1 nitrogen and oxygen atoms in total. The highest BCUT2D eigenvalue weighted by molar-refractivity contribution is 5.19. The number of fused-ring (bicyclic) bond motifs is 5. The normalized spacial score (nSPS) is 52.6. The zero-order chi connectivity index (χ0) is 16.4. The minimum atomic E-state index is -2.28. The number of hydrogen-bond acceptors (Lipinski definition) is 1. The number of halogens is 2. The van der Waals surface area contributed by atoms with Gasteiger partial charge in [0.25, 0.3) is 6.43 Å². The first kappa shape index (κ1) is 16.1. The second-order valence-corrected chi connectivity index (χ2v) is 9.29. The van der Waals surface area contributed by atoms with Crippen molar-refractivity contribution in [2.75, 3.05) is 0 Å². The molecule has 7 atom stereocenters. The van der Waals surface area contributed by atoms with Gasteiger partial charge in [0.15, 0.2) is 0 Å². The van der Waals surface area contributed by atoms with Gasteiger partial charge in [0, 0.05) is 0 Å². The average molecular weight is 324 g/mol. The Morgan fingerprint density at radius 1 is 1.04 bits per heavy atom. The molecule has 0 unspecified atom stereocenters. The fourth-order valence-electron chi connectivity index (χ4n) is 7.14. The third-order valence-corrected chi connectivity index (χ3v) is 8.55. The molecule has 0 bridgehead atoms. The Kier molecular flexibility index (Phi) is 3.68. The first-order valence-corrected chi connectivity index (χ1v) is 9.51. The van der Waals surface area contributed by atoms with Crippen LogP contribution in [0.3, 0.4) is 0 Å². The van der Waals surface area contributed by atoms with E-state index in [1.165, 1.54) is 12.8 Å². The van der Waals surface area contributed by atoms with Gasteiger partial charge in [-0.15, -0.1) is 0 Å². The summed E-state index contributed by atoms with van der Waals surface area (Å²) in [6.07, 6.45) is 7.56. The van der Waals surface area contributed by atoms with E-state index in [0.29, 0.717) is 35.7 Å².